The molecule has 4 heterocycles. The molecule has 31 heavy (non-hydrogen) atoms. The number of pyridine rings is 1. The average molecular weight is 418 g/mol. The SMILES string of the molecule is Cc1cc(Nc2ncc3cc(C)c4ncn(C(C)C)c4c3n2)ncc1N1CCOCC1. The number of imidazole rings is 1. The topological polar surface area (TPSA) is 81.0 Å². The Balaban J connectivity index is 1.51. The van der Waals surface area contributed by atoms with E-state index in [4.69, 9.17) is 9.72 Å². The number of ether oxygens (including phenoxy) is 1. The molecule has 8 nitrogen and oxygen atoms in total. The first-order chi connectivity index (χ1) is 15.0. The van der Waals surface area contributed by atoms with Crippen LogP contribution in [0.5, 0.6) is 0 Å². The Morgan fingerprint density at radius 3 is 2.52 bits per heavy atom. The maximum Gasteiger partial charge on any atom is 0.228 e. The summed E-state index contributed by atoms with van der Waals surface area (Å²) >= 11 is 0. The van der Waals surface area contributed by atoms with Gasteiger partial charge in [0, 0.05) is 30.7 Å². The van der Waals surface area contributed by atoms with E-state index in [1.165, 1.54) is 0 Å². The van der Waals surface area contributed by atoms with Gasteiger partial charge in [-0.15, -0.1) is 0 Å². The molecule has 3 aromatic heterocycles. The Morgan fingerprint density at radius 2 is 1.77 bits per heavy atom. The van der Waals surface area contributed by atoms with E-state index in [1.807, 2.05) is 24.8 Å². The van der Waals surface area contributed by atoms with Crippen LogP contribution >= 0.6 is 0 Å². The molecule has 1 aliphatic rings. The van der Waals surface area contributed by atoms with E-state index in [9.17, 15) is 0 Å². The molecule has 0 atom stereocenters. The monoisotopic (exact) mass is 417 g/mol. The highest BCUT2D eigenvalue weighted by atomic mass is 16.5. The highest BCUT2D eigenvalue weighted by molar-refractivity contribution is 6.03. The number of hydrogen-bond acceptors (Lipinski definition) is 7. The van der Waals surface area contributed by atoms with Crippen LogP contribution < -0.4 is 10.2 Å². The lowest BCUT2D eigenvalue weighted by molar-refractivity contribution is 0.122. The number of benzene rings is 1. The summed E-state index contributed by atoms with van der Waals surface area (Å²) in [5.41, 5.74) is 6.35. The zero-order chi connectivity index (χ0) is 21.5. The second-order valence-electron chi connectivity index (χ2n) is 8.35. The van der Waals surface area contributed by atoms with E-state index in [1.54, 1.807) is 0 Å². The van der Waals surface area contributed by atoms with Gasteiger partial charge < -0.3 is 19.5 Å². The Kier molecular flexibility index (Phi) is 4.94. The lowest BCUT2D eigenvalue weighted by atomic mass is 10.1. The highest BCUT2D eigenvalue weighted by Crippen LogP contribution is 2.29. The minimum atomic E-state index is 0.290. The van der Waals surface area contributed by atoms with Gasteiger partial charge in [-0.25, -0.2) is 19.9 Å². The number of fused-ring (bicyclic) bond motifs is 3. The summed E-state index contributed by atoms with van der Waals surface area (Å²) < 4.78 is 7.62. The molecule has 1 aliphatic heterocycles. The van der Waals surface area contributed by atoms with E-state index in [0.29, 0.717) is 12.0 Å². The molecule has 1 fully saturated rings. The summed E-state index contributed by atoms with van der Waals surface area (Å²) in [6, 6.07) is 4.43. The van der Waals surface area contributed by atoms with Gasteiger partial charge in [-0.2, -0.15) is 0 Å². The smallest absolute Gasteiger partial charge is 0.228 e. The first-order valence-electron chi connectivity index (χ1n) is 10.7. The van der Waals surface area contributed by atoms with E-state index < -0.39 is 0 Å². The zero-order valence-corrected chi connectivity index (χ0v) is 18.4. The van der Waals surface area contributed by atoms with E-state index in [0.717, 1.165) is 70.9 Å². The number of anilines is 3. The van der Waals surface area contributed by atoms with Crippen LogP contribution in [-0.2, 0) is 4.74 Å². The summed E-state index contributed by atoms with van der Waals surface area (Å²) in [6.45, 7) is 11.8. The molecule has 0 aliphatic carbocycles. The second-order valence-corrected chi connectivity index (χ2v) is 8.35. The molecule has 0 amide bonds. The van der Waals surface area contributed by atoms with Gasteiger partial charge in [0.25, 0.3) is 0 Å². The molecule has 5 rings (SSSR count). The molecule has 0 bridgehead atoms. The standard InChI is InChI=1S/C23H27N7O/c1-14(2)30-13-26-20-16(4)9-17-11-25-23(28-21(17)22(20)30)27-19-10-15(3)18(12-24-19)29-5-7-31-8-6-29/h9-14H,5-8H2,1-4H3,(H,24,25,27,28). The summed E-state index contributed by atoms with van der Waals surface area (Å²) in [5.74, 6) is 1.26. The van der Waals surface area contributed by atoms with Crippen LogP contribution in [0.1, 0.15) is 31.0 Å². The highest BCUT2D eigenvalue weighted by Gasteiger charge is 2.16. The third kappa shape index (κ3) is 3.57. The van der Waals surface area contributed by atoms with Gasteiger partial charge in [0.05, 0.1) is 42.5 Å². The summed E-state index contributed by atoms with van der Waals surface area (Å²) in [4.78, 5) is 20.9. The van der Waals surface area contributed by atoms with Crippen molar-refractivity contribution in [3.63, 3.8) is 0 Å². The van der Waals surface area contributed by atoms with E-state index in [-0.39, 0.29) is 0 Å². The van der Waals surface area contributed by atoms with Gasteiger partial charge in [0.15, 0.2) is 0 Å². The maximum atomic E-state index is 5.46. The predicted molar refractivity (Wildman–Crippen MR) is 123 cm³/mol. The molecule has 0 radical (unpaired) electrons. The van der Waals surface area contributed by atoms with Crippen LogP contribution in [0.4, 0.5) is 17.5 Å². The minimum absolute atomic E-state index is 0.290. The van der Waals surface area contributed by atoms with Crippen molar-refractivity contribution in [1.82, 2.24) is 24.5 Å². The summed E-state index contributed by atoms with van der Waals surface area (Å²) in [5, 5.41) is 4.29. The Hall–Kier alpha value is -3.26. The van der Waals surface area contributed by atoms with E-state index in [2.05, 4.69) is 63.5 Å². The van der Waals surface area contributed by atoms with Crippen LogP contribution in [-0.4, -0.2) is 50.8 Å². The van der Waals surface area contributed by atoms with Crippen molar-refractivity contribution in [3.05, 3.63) is 42.0 Å². The molecule has 160 valence electrons. The van der Waals surface area contributed by atoms with Crippen molar-refractivity contribution in [2.75, 3.05) is 36.5 Å². The molecular formula is C23H27N7O. The number of hydrogen-bond donors (Lipinski definition) is 1. The first kappa shape index (κ1) is 19.7. The zero-order valence-electron chi connectivity index (χ0n) is 18.4. The molecule has 0 unspecified atom stereocenters. The van der Waals surface area contributed by atoms with Crippen molar-refractivity contribution < 1.29 is 4.74 Å². The third-order valence-electron chi connectivity index (χ3n) is 5.81. The largest absolute Gasteiger partial charge is 0.378 e. The Labute approximate surface area is 181 Å². The van der Waals surface area contributed by atoms with Crippen LogP contribution in [0.25, 0.3) is 21.9 Å². The predicted octanol–water partition coefficient (Wildman–Crippen LogP) is 4.15. The fourth-order valence-electron chi connectivity index (χ4n) is 4.19. The summed E-state index contributed by atoms with van der Waals surface area (Å²) in [7, 11) is 0. The molecule has 1 N–H and O–H groups in total. The number of aryl methyl sites for hydroxylation is 2. The average Bonchev–Trinajstić information content (AvgIpc) is 3.22. The molecule has 0 saturated carbocycles. The number of nitrogens with zero attached hydrogens (tertiary/aromatic N) is 6. The lowest BCUT2D eigenvalue weighted by Gasteiger charge is -2.29. The van der Waals surface area contributed by atoms with E-state index >= 15 is 0 Å². The number of morpholine rings is 1. The molecule has 1 saturated heterocycles. The van der Waals surface area contributed by atoms with Crippen molar-refractivity contribution in [3.8, 4) is 0 Å². The number of aromatic nitrogens is 5. The van der Waals surface area contributed by atoms with Crippen molar-refractivity contribution >= 4 is 39.4 Å². The van der Waals surface area contributed by atoms with Crippen molar-refractivity contribution in [1.29, 1.82) is 0 Å². The fraction of sp³-hybridized carbons (Fsp3) is 0.391. The lowest BCUT2D eigenvalue weighted by Crippen LogP contribution is -2.36. The van der Waals surface area contributed by atoms with Gasteiger partial charge >= 0.3 is 0 Å². The van der Waals surface area contributed by atoms with Crippen molar-refractivity contribution in [2.45, 2.75) is 33.7 Å². The van der Waals surface area contributed by atoms with Gasteiger partial charge in [-0.05, 0) is 51.0 Å². The molecule has 0 spiro atoms. The number of rotatable bonds is 4. The maximum absolute atomic E-state index is 5.46. The van der Waals surface area contributed by atoms with Gasteiger partial charge in [-0.3, -0.25) is 0 Å². The number of nitrogens with one attached hydrogen (secondary N) is 1. The van der Waals surface area contributed by atoms with Crippen LogP contribution in [0.2, 0.25) is 0 Å². The van der Waals surface area contributed by atoms with Crippen LogP contribution in [0.3, 0.4) is 0 Å². The molecular weight excluding hydrogens is 390 g/mol. The van der Waals surface area contributed by atoms with Gasteiger partial charge in [-0.1, -0.05) is 0 Å². The molecule has 4 aromatic rings. The first-order valence-corrected chi connectivity index (χ1v) is 10.7. The fourth-order valence-corrected chi connectivity index (χ4v) is 4.19. The minimum Gasteiger partial charge on any atom is -0.378 e. The van der Waals surface area contributed by atoms with Crippen molar-refractivity contribution in [2.24, 2.45) is 0 Å². The third-order valence-corrected chi connectivity index (χ3v) is 5.81. The quantitative estimate of drug-likeness (QED) is 0.534. The van der Waals surface area contributed by atoms with Gasteiger partial charge in [0.2, 0.25) is 5.95 Å². The Bertz CT molecular complexity index is 1260. The normalized spacial score (nSPS) is 14.7. The summed E-state index contributed by atoms with van der Waals surface area (Å²) in [6.07, 6.45) is 5.68. The Morgan fingerprint density at radius 1 is 0.968 bits per heavy atom. The van der Waals surface area contributed by atoms with Crippen LogP contribution in [0, 0.1) is 13.8 Å². The van der Waals surface area contributed by atoms with Crippen LogP contribution in [0.15, 0.2) is 30.9 Å². The molecule has 8 heteroatoms. The van der Waals surface area contributed by atoms with Gasteiger partial charge in [0.1, 0.15) is 11.3 Å². The second kappa shape index (κ2) is 7.77. The molecule has 1 aromatic carbocycles.